The van der Waals surface area contributed by atoms with Crippen molar-refractivity contribution in [2.24, 2.45) is 0 Å². The Morgan fingerprint density at radius 2 is 0.575 bits per heavy atom. The van der Waals surface area contributed by atoms with E-state index in [2.05, 4.69) is 21.3 Å². The molecule has 8 bridgehead atoms. The molecule has 0 saturated carbocycles. The molecule has 4 N–H and O–H groups in total. The summed E-state index contributed by atoms with van der Waals surface area (Å²) in [4.78, 5) is 50.6. The Morgan fingerprint density at radius 3 is 0.800 bits per heavy atom. The van der Waals surface area contributed by atoms with Gasteiger partial charge in [0.15, 0.2) is 0 Å². The zero-order valence-corrected chi connectivity index (χ0v) is 21.7. The van der Waals surface area contributed by atoms with Crippen molar-refractivity contribution in [3.8, 4) is 0 Å². The molecule has 8 heteroatoms. The van der Waals surface area contributed by atoms with E-state index in [1.807, 2.05) is 48.5 Å². The van der Waals surface area contributed by atoms with Gasteiger partial charge in [0.25, 0.3) is 0 Å². The van der Waals surface area contributed by atoms with Crippen molar-refractivity contribution in [2.45, 2.75) is 25.7 Å². The Labute approximate surface area is 231 Å². The number of hydrogen-bond acceptors (Lipinski definition) is 4. The van der Waals surface area contributed by atoms with E-state index in [1.54, 1.807) is 48.5 Å². The van der Waals surface area contributed by atoms with Gasteiger partial charge in [-0.15, -0.1) is 0 Å². The molecule has 4 aromatic carbocycles. The Kier molecular flexibility index (Phi) is 7.97. The third kappa shape index (κ3) is 7.41. The maximum absolute atomic E-state index is 12.6. The van der Waals surface area contributed by atoms with Crippen molar-refractivity contribution in [3.63, 3.8) is 0 Å². The molecule has 0 aromatic heterocycles. The molecule has 200 valence electrons. The molecule has 4 amide bonds. The van der Waals surface area contributed by atoms with Crippen molar-refractivity contribution in [2.75, 3.05) is 21.3 Å². The molecule has 0 radical (unpaired) electrons. The summed E-state index contributed by atoms with van der Waals surface area (Å²) in [5.74, 6) is -0.769. The predicted octanol–water partition coefficient (Wildman–Crippen LogP) is 4.72. The van der Waals surface area contributed by atoms with Crippen LogP contribution in [-0.4, -0.2) is 23.6 Å². The van der Waals surface area contributed by atoms with Crippen LogP contribution in [0.4, 0.5) is 22.7 Å². The molecule has 0 unspecified atom stereocenters. The molecule has 0 aliphatic carbocycles. The van der Waals surface area contributed by atoms with E-state index >= 15 is 0 Å². The summed E-state index contributed by atoms with van der Waals surface area (Å²) in [6.45, 7) is 0. The fraction of sp³-hybridized carbons (Fsp3) is 0.125. The van der Waals surface area contributed by atoms with Crippen LogP contribution in [0.3, 0.4) is 0 Å². The third-order valence-corrected chi connectivity index (χ3v) is 6.36. The van der Waals surface area contributed by atoms with E-state index in [-0.39, 0.29) is 49.3 Å². The summed E-state index contributed by atoms with van der Waals surface area (Å²) in [5, 5.41) is 11.5. The molecule has 0 fully saturated rings. The highest BCUT2D eigenvalue weighted by Crippen LogP contribution is 2.19. The summed E-state index contributed by atoms with van der Waals surface area (Å²) < 4.78 is 0. The van der Waals surface area contributed by atoms with Crippen LogP contribution >= 0.6 is 0 Å². The first-order valence-electron chi connectivity index (χ1n) is 12.9. The van der Waals surface area contributed by atoms with Crippen LogP contribution in [0.25, 0.3) is 0 Å². The average molecular weight is 533 g/mol. The van der Waals surface area contributed by atoms with Gasteiger partial charge in [0.1, 0.15) is 0 Å². The average Bonchev–Trinajstić information content (AvgIpc) is 2.91. The van der Waals surface area contributed by atoms with Gasteiger partial charge in [-0.25, -0.2) is 0 Å². The number of hydrogen-bond donors (Lipinski definition) is 4. The molecule has 0 spiro atoms. The number of rotatable bonds is 0. The highest BCUT2D eigenvalue weighted by Gasteiger charge is 2.11. The summed E-state index contributed by atoms with van der Waals surface area (Å²) >= 11 is 0. The number of carbonyl (C=O) groups is 4. The second kappa shape index (κ2) is 12.1. The van der Waals surface area contributed by atoms with Crippen LogP contribution < -0.4 is 21.3 Å². The summed E-state index contributed by atoms with van der Waals surface area (Å²) in [6.07, 6.45) is 0.657. The number of nitrogens with one attached hydrogen (secondary N) is 4. The highest BCUT2D eigenvalue weighted by molar-refractivity contribution is 5.97. The Hall–Kier alpha value is -5.24. The zero-order chi connectivity index (χ0) is 27.9. The van der Waals surface area contributed by atoms with Gasteiger partial charge in [0.05, 0.1) is 25.7 Å². The minimum Gasteiger partial charge on any atom is -0.326 e. The monoisotopic (exact) mass is 532 g/mol. The van der Waals surface area contributed by atoms with Crippen LogP contribution in [0.1, 0.15) is 22.3 Å². The Bertz CT molecular complexity index is 1340. The van der Waals surface area contributed by atoms with Crippen molar-refractivity contribution in [1.29, 1.82) is 0 Å². The summed E-state index contributed by atoms with van der Waals surface area (Å²) in [5.41, 5.74) is 5.52. The van der Waals surface area contributed by atoms with Crippen LogP contribution in [0.15, 0.2) is 97.1 Å². The van der Waals surface area contributed by atoms with Crippen molar-refractivity contribution in [1.82, 2.24) is 0 Å². The number of benzene rings is 4. The Balaban J connectivity index is 1.36. The first-order valence-corrected chi connectivity index (χ1v) is 12.9. The third-order valence-electron chi connectivity index (χ3n) is 6.36. The molecule has 8 nitrogen and oxygen atoms in total. The first-order chi connectivity index (χ1) is 19.4. The van der Waals surface area contributed by atoms with Crippen molar-refractivity contribution in [3.05, 3.63) is 119 Å². The molecular weight excluding hydrogens is 504 g/mol. The van der Waals surface area contributed by atoms with Gasteiger partial charge in [-0.05, 0) is 58.7 Å². The van der Waals surface area contributed by atoms with E-state index in [0.717, 1.165) is 22.3 Å². The lowest BCUT2D eigenvalue weighted by Crippen LogP contribution is -2.17. The second-order valence-corrected chi connectivity index (χ2v) is 9.69. The minimum absolute atomic E-state index is 0.164. The highest BCUT2D eigenvalue weighted by atomic mass is 16.2. The second-order valence-electron chi connectivity index (χ2n) is 9.69. The fourth-order valence-electron chi connectivity index (χ4n) is 4.46. The van der Waals surface area contributed by atoms with E-state index in [9.17, 15) is 19.2 Å². The van der Waals surface area contributed by atoms with Gasteiger partial charge in [-0.2, -0.15) is 0 Å². The quantitative estimate of drug-likeness (QED) is 0.262. The number of amides is 4. The van der Waals surface area contributed by atoms with Gasteiger partial charge in [0, 0.05) is 22.7 Å². The van der Waals surface area contributed by atoms with Crippen LogP contribution in [-0.2, 0) is 44.9 Å². The van der Waals surface area contributed by atoms with E-state index in [4.69, 9.17) is 0 Å². The Morgan fingerprint density at radius 1 is 0.350 bits per heavy atom. The SMILES string of the molecule is O=C1Cc2ccc(cc2)CC(=O)Nc2cccc(c2)NC(=O)Cc2ccc(cc2)CC(=O)Nc2cccc(c2)N1. The molecule has 4 aliphatic heterocycles. The fourth-order valence-corrected chi connectivity index (χ4v) is 4.46. The lowest BCUT2D eigenvalue weighted by molar-refractivity contribution is -0.116. The maximum Gasteiger partial charge on any atom is 0.228 e. The van der Waals surface area contributed by atoms with Crippen LogP contribution in [0.2, 0.25) is 0 Å². The van der Waals surface area contributed by atoms with Crippen LogP contribution in [0, 0.1) is 0 Å². The van der Waals surface area contributed by atoms with Crippen LogP contribution in [0.5, 0.6) is 0 Å². The molecular formula is C32H28N4O4. The molecule has 40 heavy (non-hydrogen) atoms. The maximum atomic E-state index is 12.6. The van der Waals surface area contributed by atoms with Gasteiger partial charge in [-0.1, -0.05) is 60.7 Å². The number of anilines is 4. The standard InChI is InChI=1S/C32H28N4O4/c37-29-15-21-7-11-23(12-8-21)17-31(39)35-27-5-2-6-28(20-27)36-32(40)18-24-13-9-22(10-14-24)16-30(38)34-26-4-1-3-25(19-26)33-29/h1-14,19-20H,15-18H2,(H,33,37)(H,34,38)(H,35,39)(H,36,40). The molecule has 4 heterocycles. The van der Waals surface area contributed by atoms with Gasteiger partial charge in [-0.3, -0.25) is 19.2 Å². The van der Waals surface area contributed by atoms with Gasteiger partial charge >= 0.3 is 0 Å². The van der Waals surface area contributed by atoms with E-state index < -0.39 is 0 Å². The normalized spacial score (nSPS) is 14.6. The molecule has 8 rings (SSSR count). The molecule has 0 saturated heterocycles. The molecule has 4 aromatic rings. The lowest BCUT2D eigenvalue weighted by atomic mass is 10.1. The van der Waals surface area contributed by atoms with Gasteiger partial charge in [0.2, 0.25) is 23.6 Å². The molecule has 0 atom stereocenters. The molecule has 4 aliphatic rings. The minimum atomic E-state index is -0.192. The summed E-state index contributed by atoms with van der Waals surface area (Å²) in [6, 6.07) is 28.6. The largest absolute Gasteiger partial charge is 0.326 e. The van der Waals surface area contributed by atoms with Crippen molar-refractivity contribution >= 4 is 46.4 Å². The van der Waals surface area contributed by atoms with Gasteiger partial charge < -0.3 is 21.3 Å². The van der Waals surface area contributed by atoms with E-state index in [1.165, 1.54) is 0 Å². The predicted molar refractivity (Wildman–Crippen MR) is 155 cm³/mol. The first kappa shape index (κ1) is 26.4. The van der Waals surface area contributed by atoms with Crippen molar-refractivity contribution < 1.29 is 19.2 Å². The topological polar surface area (TPSA) is 116 Å². The summed E-state index contributed by atoms with van der Waals surface area (Å²) in [7, 11) is 0. The van der Waals surface area contributed by atoms with E-state index in [0.29, 0.717) is 22.7 Å². The number of carbonyl (C=O) groups excluding carboxylic acids is 4. The smallest absolute Gasteiger partial charge is 0.228 e. The lowest BCUT2D eigenvalue weighted by Gasteiger charge is -2.11. The zero-order valence-electron chi connectivity index (χ0n) is 21.7.